The molecule has 1 aliphatic heterocycles. The number of rotatable bonds is 6. The zero-order valence-corrected chi connectivity index (χ0v) is 19.8. The van der Waals surface area contributed by atoms with Gasteiger partial charge in [0.05, 0.1) is 19.1 Å². The number of aromatic nitrogens is 6. The van der Waals surface area contributed by atoms with Crippen LogP contribution in [0.25, 0.3) is 33.6 Å². The topological polar surface area (TPSA) is 102 Å². The molecule has 0 atom stereocenters. The SMILES string of the molecule is CCCc1ncc(C)c(=O)n1Cc1c2ccocc-2c(Br)c1-c1ccccc1-c1nnn[nH]1. The van der Waals surface area contributed by atoms with Crippen LogP contribution in [-0.4, -0.2) is 30.2 Å². The molecule has 0 amide bonds. The second kappa shape index (κ2) is 8.74. The summed E-state index contributed by atoms with van der Waals surface area (Å²) in [6.07, 6.45) is 6.65. The Bertz CT molecular complexity index is 1450. The Morgan fingerprint density at radius 1 is 1.12 bits per heavy atom. The number of H-pyrrole nitrogens is 1. The maximum absolute atomic E-state index is 13.2. The van der Waals surface area contributed by atoms with Crippen molar-refractivity contribution in [2.45, 2.75) is 33.2 Å². The van der Waals surface area contributed by atoms with Gasteiger partial charge in [0, 0.05) is 39.3 Å². The molecule has 1 aliphatic carbocycles. The first kappa shape index (κ1) is 21.3. The smallest absolute Gasteiger partial charge is 0.256 e. The van der Waals surface area contributed by atoms with E-state index in [1.807, 2.05) is 30.3 Å². The van der Waals surface area contributed by atoms with E-state index < -0.39 is 0 Å². The zero-order valence-electron chi connectivity index (χ0n) is 18.2. The highest BCUT2D eigenvalue weighted by Gasteiger charge is 2.26. The summed E-state index contributed by atoms with van der Waals surface area (Å²) >= 11 is 3.81. The predicted molar refractivity (Wildman–Crippen MR) is 128 cm³/mol. The van der Waals surface area contributed by atoms with Crippen LogP contribution >= 0.6 is 15.9 Å². The third-order valence-electron chi connectivity index (χ3n) is 5.76. The summed E-state index contributed by atoms with van der Waals surface area (Å²) < 4.78 is 8.16. The lowest BCUT2D eigenvalue weighted by molar-refractivity contribution is 0.551. The molecule has 33 heavy (non-hydrogen) atoms. The van der Waals surface area contributed by atoms with Gasteiger partial charge in [-0.1, -0.05) is 31.2 Å². The van der Waals surface area contributed by atoms with Crippen molar-refractivity contribution in [1.82, 2.24) is 30.2 Å². The Morgan fingerprint density at radius 3 is 2.70 bits per heavy atom. The Balaban J connectivity index is 1.78. The van der Waals surface area contributed by atoms with E-state index >= 15 is 0 Å². The molecule has 166 valence electrons. The molecule has 0 saturated heterocycles. The molecule has 0 saturated carbocycles. The van der Waals surface area contributed by atoms with Gasteiger partial charge in [-0.25, -0.2) is 10.1 Å². The normalized spacial score (nSPS) is 11.4. The first-order chi connectivity index (χ1) is 16.1. The third kappa shape index (κ3) is 3.68. The van der Waals surface area contributed by atoms with Gasteiger partial charge in [0.2, 0.25) is 0 Å². The van der Waals surface area contributed by atoms with Crippen molar-refractivity contribution >= 4 is 15.9 Å². The molecule has 2 aliphatic rings. The fourth-order valence-corrected chi connectivity index (χ4v) is 4.96. The van der Waals surface area contributed by atoms with Gasteiger partial charge in [0.25, 0.3) is 5.56 Å². The lowest BCUT2D eigenvalue weighted by Gasteiger charge is -2.15. The Morgan fingerprint density at radius 2 is 1.94 bits per heavy atom. The number of tetrazole rings is 1. The number of nitrogens with one attached hydrogen (secondary N) is 1. The summed E-state index contributed by atoms with van der Waals surface area (Å²) in [5.74, 6) is 1.34. The van der Waals surface area contributed by atoms with E-state index in [0.717, 1.165) is 56.5 Å². The molecule has 1 aromatic carbocycles. The van der Waals surface area contributed by atoms with E-state index in [-0.39, 0.29) is 5.56 Å². The molecule has 8 nitrogen and oxygen atoms in total. The number of aryl methyl sites for hydroxylation is 2. The maximum atomic E-state index is 13.2. The highest BCUT2D eigenvalue weighted by Crippen LogP contribution is 2.48. The average Bonchev–Trinajstić information content (AvgIpc) is 3.46. The quantitative estimate of drug-likeness (QED) is 0.354. The van der Waals surface area contributed by atoms with Gasteiger partial charge in [-0.15, -0.1) is 5.10 Å². The summed E-state index contributed by atoms with van der Waals surface area (Å²) in [6, 6.07) is 9.86. The van der Waals surface area contributed by atoms with Crippen LogP contribution in [0.3, 0.4) is 0 Å². The highest BCUT2D eigenvalue weighted by atomic mass is 79.9. The number of hydrogen-bond acceptors (Lipinski definition) is 6. The summed E-state index contributed by atoms with van der Waals surface area (Å²) in [5, 5.41) is 14.5. The molecule has 5 rings (SSSR count). The van der Waals surface area contributed by atoms with Crippen molar-refractivity contribution in [3.05, 3.63) is 80.8 Å². The van der Waals surface area contributed by atoms with E-state index in [0.29, 0.717) is 17.9 Å². The summed E-state index contributed by atoms with van der Waals surface area (Å²) in [6.45, 7) is 4.26. The van der Waals surface area contributed by atoms with Crippen molar-refractivity contribution < 1.29 is 4.42 Å². The molecule has 3 heterocycles. The van der Waals surface area contributed by atoms with Gasteiger partial charge < -0.3 is 4.42 Å². The standard InChI is InChI=1S/C24H21BrN6O2/c1-3-6-20-26-11-14(2)24(32)31(20)12-18-15-9-10-33-13-19(15)22(25)21(18)16-7-4-5-8-17(16)23-27-29-30-28-23/h4-5,7-11,13H,3,6,12H2,1-2H3,(H,27,28,29,30). The average molecular weight is 505 g/mol. The molecular weight excluding hydrogens is 484 g/mol. The first-order valence-electron chi connectivity index (χ1n) is 10.6. The molecule has 2 aromatic heterocycles. The van der Waals surface area contributed by atoms with E-state index in [4.69, 9.17) is 4.42 Å². The van der Waals surface area contributed by atoms with Crippen LogP contribution in [0.15, 0.2) is 62.7 Å². The van der Waals surface area contributed by atoms with Crippen LogP contribution in [0.2, 0.25) is 0 Å². The summed E-state index contributed by atoms with van der Waals surface area (Å²) in [4.78, 5) is 17.7. The largest absolute Gasteiger partial charge is 0.472 e. The number of nitrogens with zero attached hydrogens (tertiary/aromatic N) is 5. The van der Waals surface area contributed by atoms with Crippen molar-refractivity contribution in [3.63, 3.8) is 0 Å². The number of hydrogen-bond donors (Lipinski definition) is 1. The van der Waals surface area contributed by atoms with Gasteiger partial charge in [0.1, 0.15) is 5.82 Å². The minimum Gasteiger partial charge on any atom is -0.472 e. The molecule has 9 heteroatoms. The van der Waals surface area contributed by atoms with Crippen molar-refractivity contribution in [2.24, 2.45) is 0 Å². The van der Waals surface area contributed by atoms with E-state index in [1.54, 1.807) is 30.2 Å². The Hall–Kier alpha value is -3.59. The van der Waals surface area contributed by atoms with E-state index in [1.165, 1.54) is 0 Å². The van der Waals surface area contributed by atoms with Gasteiger partial charge in [-0.2, -0.15) is 0 Å². The van der Waals surface area contributed by atoms with E-state index in [9.17, 15) is 4.79 Å². The minimum atomic E-state index is -0.0294. The maximum Gasteiger partial charge on any atom is 0.256 e. The monoisotopic (exact) mass is 504 g/mol. The number of fused-ring (bicyclic) bond motifs is 1. The van der Waals surface area contributed by atoms with Gasteiger partial charge in [-0.3, -0.25) is 9.36 Å². The molecule has 1 N–H and O–H groups in total. The third-order valence-corrected chi connectivity index (χ3v) is 6.58. The van der Waals surface area contributed by atoms with Crippen molar-refractivity contribution in [2.75, 3.05) is 0 Å². The molecule has 0 radical (unpaired) electrons. The predicted octanol–water partition coefficient (Wildman–Crippen LogP) is 4.86. The number of halogens is 1. The van der Waals surface area contributed by atoms with Gasteiger partial charge in [0.15, 0.2) is 5.82 Å². The van der Waals surface area contributed by atoms with Crippen LogP contribution in [0, 0.1) is 6.92 Å². The molecular formula is C24H21BrN6O2. The zero-order chi connectivity index (χ0) is 22.9. The minimum absolute atomic E-state index is 0.0294. The molecule has 0 spiro atoms. The van der Waals surface area contributed by atoms with Crippen LogP contribution in [0.1, 0.15) is 30.3 Å². The first-order valence-corrected chi connectivity index (χ1v) is 11.4. The van der Waals surface area contributed by atoms with Crippen LogP contribution in [0.5, 0.6) is 0 Å². The highest BCUT2D eigenvalue weighted by molar-refractivity contribution is 9.10. The van der Waals surface area contributed by atoms with Gasteiger partial charge >= 0.3 is 0 Å². The molecule has 0 fully saturated rings. The number of benzene rings is 1. The van der Waals surface area contributed by atoms with E-state index in [2.05, 4.69) is 48.5 Å². The number of aromatic amines is 1. The lowest BCUT2D eigenvalue weighted by Crippen LogP contribution is -2.27. The van der Waals surface area contributed by atoms with Crippen LogP contribution < -0.4 is 5.56 Å². The van der Waals surface area contributed by atoms with Crippen molar-refractivity contribution in [3.8, 4) is 33.6 Å². The molecule has 0 bridgehead atoms. The second-order valence-corrected chi connectivity index (χ2v) is 8.64. The Kier molecular flexibility index (Phi) is 5.63. The van der Waals surface area contributed by atoms with Crippen molar-refractivity contribution in [1.29, 1.82) is 0 Å². The van der Waals surface area contributed by atoms with Crippen LogP contribution in [0.4, 0.5) is 0 Å². The molecule has 0 unspecified atom stereocenters. The lowest BCUT2D eigenvalue weighted by atomic mass is 9.97. The fraction of sp³-hybridized carbons (Fsp3) is 0.208. The second-order valence-electron chi connectivity index (χ2n) is 7.85. The summed E-state index contributed by atoms with van der Waals surface area (Å²) in [7, 11) is 0. The summed E-state index contributed by atoms with van der Waals surface area (Å²) in [5.41, 5.74) is 6.30. The fourth-order valence-electron chi connectivity index (χ4n) is 4.20. The molecule has 3 aromatic rings. The van der Waals surface area contributed by atoms with Crippen LogP contribution in [-0.2, 0) is 13.0 Å². The van der Waals surface area contributed by atoms with Gasteiger partial charge in [-0.05, 0) is 62.5 Å². The Labute approximate surface area is 198 Å².